The van der Waals surface area contributed by atoms with Gasteiger partial charge in [-0.15, -0.1) is 0 Å². The van der Waals surface area contributed by atoms with E-state index < -0.39 is 0 Å². The van der Waals surface area contributed by atoms with Crippen LogP contribution in [0.4, 0.5) is 0 Å². The number of hydrogen-bond acceptors (Lipinski definition) is 3. The minimum Gasteiger partial charge on any atom is -0.325 e. The molecule has 4 heteroatoms. The van der Waals surface area contributed by atoms with Gasteiger partial charge in [0.05, 0.1) is 11.7 Å². The molecule has 0 fully saturated rings. The number of hydrogen-bond donors (Lipinski definition) is 1. The third-order valence-corrected chi connectivity index (χ3v) is 2.70. The summed E-state index contributed by atoms with van der Waals surface area (Å²) >= 11 is 0. The third kappa shape index (κ3) is 2.08. The van der Waals surface area contributed by atoms with E-state index in [1.807, 2.05) is 18.3 Å². The van der Waals surface area contributed by atoms with Crippen molar-refractivity contribution in [2.24, 2.45) is 5.73 Å². The van der Waals surface area contributed by atoms with Crippen LogP contribution < -0.4 is 5.73 Å². The number of pyridine rings is 1. The van der Waals surface area contributed by atoms with Crippen molar-refractivity contribution >= 4 is 5.52 Å². The van der Waals surface area contributed by atoms with Crippen molar-refractivity contribution < 1.29 is 0 Å². The molecule has 4 nitrogen and oxygen atoms in total. The smallest absolute Gasteiger partial charge is 0.114 e. The zero-order chi connectivity index (χ0) is 11.5. The normalized spacial score (nSPS) is 11.5. The highest BCUT2D eigenvalue weighted by Gasteiger charge is 2.06. The first-order chi connectivity index (χ1) is 7.72. The van der Waals surface area contributed by atoms with Crippen LogP contribution in [0.25, 0.3) is 5.52 Å². The van der Waals surface area contributed by atoms with Gasteiger partial charge in [0.1, 0.15) is 5.82 Å². The van der Waals surface area contributed by atoms with Crippen LogP contribution in [0.5, 0.6) is 0 Å². The van der Waals surface area contributed by atoms with Crippen LogP contribution in [-0.4, -0.2) is 34.9 Å². The molecule has 2 rings (SSSR count). The van der Waals surface area contributed by atoms with E-state index in [1.165, 1.54) is 0 Å². The second-order valence-corrected chi connectivity index (χ2v) is 4.21. The molecular weight excluding hydrogens is 200 g/mol. The van der Waals surface area contributed by atoms with Crippen LogP contribution in [0.3, 0.4) is 0 Å². The van der Waals surface area contributed by atoms with Crippen molar-refractivity contribution in [3.05, 3.63) is 35.9 Å². The number of fused-ring (bicyclic) bond motifs is 1. The summed E-state index contributed by atoms with van der Waals surface area (Å²) in [5.74, 6) is 1.09. The zero-order valence-corrected chi connectivity index (χ0v) is 9.85. The zero-order valence-electron chi connectivity index (χ0n) is 9.85. The molecule has 0 saturated heterocycles. The van der Waals surface area contributed by atoms with Gasteiger partial charge < -0.3 is 10.6 Å². The summed E-state index contributed by atoms with van der Waals surface area (Å²) in [6.45, 7) is 1.54. The maximum atomic E-state index is 5.74. The number of imidazole rings is 1. The first kappa shape index (κ1) is 11.1. The quantitative estimate of drug-likeness (QED) is 0.829. The van der Waals surface area contributed by atoms with Gasteiger partial charge in [0.2, 0.25) is 0 Å². The van der Waals surface area contributed by atoms with Crippen molar-refractivity contribution in [3.63, 3.8) is 0 Å². The molecule has 0 saturated carbocycles. The lowest BCUT2D eigenvalue weighted by atomic mass is 10.3. The van der Waals surface area contributed by atoms with Gasteiger partial charge in [-0.05, 0) is 26.2 Å². The SMILES string of the molecule is CN(C)CCc1ncc2cccc(CN)n12. The molecule has 0 aromatic carbocycles. The number of likely N-dealkylation sites (N-methyl/N-ethyl adjacent to an activating group) is 1. The monoisotopic (exact) mass is 218 g/mol. The maximum Gasteiger partial charge on any atom is 0.114 e. The lowest BCUT2D eigenvalue weighted by Gasteiger charge is -2.10. The first-order valence-electron chi connectivity index (χ1n) is 5.51. The molecule has 0 aliphatic heterocycles. The summed E-state index contributed by atoms with van der Waals surface area (Å²) in [7, 11) is 4.14. The fourth-order valence-corrected chi connectivity index (χ4v) is 1.85. The molecule has 86 valence electrons. The van der Waals surface area contributed by atoms with E-state index in [9.17, 15) is 0 Å². The van der Waals surface area contributed by atoms with Crippen LogP contribution in [0.1, 0.15) is 11.5 Å². The highest BCUT2D eigenvalue weighted by Crippen LogP contribution is 2.11. The minimum absolute atomic E-state index is 0.544. The Morgan fingerprint density at radius 1 is 1.38 bits per heavy atom. The Labute approximate surface area is 95.7 Å². The molecule has 0 radical (unpaired) electrons. The molecule has 2 aromatic heterocycles. The molecule has 0 atom stereocenters. The lowest BCUT2D eigenvalue weighted by molar-refractivity contribution is 0.409. The van der Waals surface area contributed by atoms with Gasteiger partial charge >= 0.3 is 0 Å². The average molecular weight is 218 g/mol. The summed E-state index contributed by atoms with van der Waals surface area (Å²) in [6.07, 6.45) is 2.85. The van der Waals surface area contributed by atoms with Gasteiger partial charge in [0.15, 0.2) is 0 Å². The number of nitrogens with zero attached hydrogens (tertiary/aromatic N) is 3. The van der Waals surface area contributed by atoms with Gasteiger partial charge in [-0.1, -0.05) is 6.07 Å². The Balaban J connectivity index is 2.38. The topological polar surface area (TPSA) is 46.6 Å². The Bertz CT molecular complexity index is 473. The molecule has 0 aliphatic rings. The summed E-state index contributed by atoms with van der Waals surface area (Å²) in [5.41, 5.74) is 7.98. The average Bonchev–Trinajstić information content (AvgIpc) is 2.69. The highest BCUT2D eigenvalue weighted by atomic mass is 15.1. The summed E-state index contributed by atoms with van der Waals surface area (Å²) in [5, 5.41) is 0. The largest absolute Gasteiger partial charge is 0.325 e. The summed E-state index contributed by atoms with van der Waals surface area (Å²) < 4.78 is 2.16. The molecule has 0 bridgehead atoms. The lowest BCUT2D eigenvalue weighted by Crippen LogP contribution is -2.17. The van der Waals surface area contributed by atoms with E-state index >= 15 is 0 Å². The van der Waals surface area contributed by atoms with Gasteiger partial charge in [0.25, 0.3) is 0 Å². The van der Waals surface area contributed by atoms with Crippen molar-refractivity contribution in [1.82, 2.24) is 14.3 Å². The highest BCUT2D eigenvalue weighted by molar-refractivity contribution is 5.47. The molecule has 0 aliphatic carbocycles. The Morgan fingerprint density at radius 2 is 2.19 bits per heavy atom. The van der Waals surface area contributed by atoms with E-state index in [1.54, 1.807) is 0 Å². The number of aromatic nitrogens is 2. The van der Waals surface area contributed by atoms with Crippen molar-refractivity contribution in [3.8, 4) is 0 Å². The molecular formula is C12H18N4. The molecule has 0 unspecified atom stereocenters. The van der Waals surface area contributed by atoms with Crippen LogP contribution in [0.2, 0.25) is 0 Å². The maximum absolute atomic E-state index is 5.74. The molecule has 2 aromatic rings. The van der Waals surface area contributed by atoms with E-state index in [0.29, 0.717) is 6.54 Å². The predicted molar refractivity (Wildman–Crippen MR) is 65.3 cm³/mol. The standard InChI is InChI=1S/C12H18N4/c1-15(2)7-6-12-14-9-11-5-3-4-10(8-13)16(11)12/h3-5,9H,6-8,13H2,1-2H3. The molecule has 16 heavy (non-hydrogen) atoms. The molecule has 0 amide bonds. The van der Waals surface area contributed by atoms with E-state index in [2.05, 4.69) is 34.4 Å². The van der Waals surface area contributed by atoms with Gasteiger partial charge in [0, 0.05) is 25.2 Å². The van der Waals surface area contributed by atoms with Crippen molar-refractivity contribution in [1.29, 1.82) is 0 Å². The second-order valence-electron chi connectivity index (χ2n) is 4.21. The van der Waals surface area contributed by atoms with Gasteiger partial charge in [-0.2, -0.15) is 0 Å². The van der Waals surface area contributed by atoms with Gasteiger partial charge in [-0.3, -0.25) is 4.40 Å². The minimum atomic E-state index is 0.544. The Hall–Kier alpha value is -1.39. The van der Waals surface area contributed by atoms with Crippen LogP contribution in [-0.2, 0) is 13.0 Å². The van der Waals surface area contributed by atoms with Crippen molar-refractivity contribution in [2.75, 3.05) is 20.6 Å². The second kappa shape index (κ2) is 4.63. The van der Waals surface area contributed by atoms with E-state index in [-0.39, 0.29) is 0 Å². The summed E-state index contributed by atoms with van der Waals surface area (Å²) in [4.78, 5) is 6.62. The Kier molecular flexibility index (Phi) is 3.22. The van der Waals surface area contributed by atoms with Crippen LogP contribution in [0, 0.1) is 0 Å². The fraction of sp³-hybridized carbons (Fsp3) is 0.417. The summed E-state index contributed by atoms with van der Waals surface area (Å²) in [6, 6.07) is 6.13. The molecule has 2 heterocycles. The third-order valence-electron chi connectivity index (χ3n) is 2.70. The number of nitrogens with two attached hydrogens (primary N) is 1. The molecule has 0 spiro atoms. The fourth-order valence-electron chi connectivity index (χ4n) is 1.85. The van der Waals surface area contributed by atoms with Crippen molar-refractivity contribution in [2.45, 2.75) is 13.0 Å². The van der Waals surface area contributed by atoms with Crippen LogP contribution in [0.15, 0.2) is 24.4 Å². The van der Waals surface area contributed by atoms with Crippen LogP contribution >= 0.6 is 0 Å². The van der Waals surface area contributed by atoms with E-state index in [0.717, 1.165) is 30.0 Å². The Morgan fingerprint density at radius 3 is 2.88 bits per heavy atom. The first-order valence-corrected chi connectivity index (χ1v) is 5.51. The van der Waals surface area contributed by atoms with E-state index in [4.69, 9.17) is 5.73 Å². The number of rotatable bonds is 4. The molecule has 2 N–H and O–H groups in total. The van der Waals surface area contributed by atoms with Gasteiger partial charge in [-0.25, -0.2) is 4.98 Å². The predicted octanol–water partition coefficient (Wildman–Crippen LogP) is 0.897.